The molecule has 6 heteroatoms. The van der Waals surface area contributed by atoms with E-state index in [-0.39, 0.29) is 11.9 Å². The number of carbonyl (C=O) groups is 1. The average molecular weight is 341 g/mol. The maximum absolute atomic E-state index is 12.7. The van der Waals surface area contributed by atoms with Crippen molar-refractivity contribution in [3.8, 4) is 0 Å². The number of amides is 1. The Morgan fingerprint density at radius 3 is 2.68 bits per heavy atom. The van der Waals surface area contributed by atoms with Crippen LogP contribution in [0.15, 0.2) is 36.7 Å². The molecule has 25 heavy (non-hydrogen) atoms. The first-order valence-electron chi connectivity index (χ1n) is 9.06. The van der Waals surface area contributed by atoms with Crippen molar-refractivity contribution in [1.82, 2.24) is 24.8 Å². The quantitative estimate of drug-likeness (QED) is 0.810. The van der Waals surface area contributed by atoms with Crippen LogP contribution in [0.1, 0.15) is 49.2 Å². The molecular weight excluding hydrogens is 314 g/mol. The van der Waals surface area contributed by atoms with Gasteiger partial charge in [-0.15, -0.1) is 5.10 Å². The van der Waals surface area contributed by atoms with E-state index >= 15 is 0 Å². The molecule has 0 bridgehead atoms. The monoisotopic (exact) mass is 341 g/mol. The second-order valence-corrected chi connectivity index (χ2v) is 6.93. The molecular formula is C19H27N5O. The molecule has 0 radical (unpaired) electrons. The minimum absolute atomic E-state index is 0.102. The third-order valence-corrected chi connectivity index (χ3v) is 4.99. The minimum Gasteiger partial charge on any atom is -0.336 e. The number of benzene rings is 1. The molecule has 1 aromatic heterocycles. The van der Waals surface area contributed by atoms with Crippen LogP contribution in [0.5, 0.6) is 0 Å². The zero-order chi connectivity index (χ0) is 17.8. The van der Waals surface area contributed by atoms with Gasteiger partial charge >= 0.3 is 0 Å². The van der Waals surface area contributed by atoms with Crippen LogP contribution in [0.25, 0.3) is 0 Å². The molecule has 2 heterocycles. The van der Waals surface area contributed by atoms with Crippen LogP contribution in [0, 0.1) is 0 Å². The van der Waals surface area contributed by atoms with E-state index in [9.17, 15) is 4.79 Å². The Morgan fingerprint density at radius 2 is 2.08 bits per heavy atom. The maximum Gasteiger partial charge on any atom is 0.253 e. The summed E-state index contributed by atoms with van der Waals surface area (Å²) in [5, 5.41) is 7.90. The normalized spacial score (nSPS) is 17.6. The Balaban J connectivity index is 1.61. The molecule has 1 aliphatic rings. The summed E-state index contributed by atoms with van der Waals surface area (Å²) in [4.78, 5) is 17.0. The standard InChI is InChI=1S/C19H27N5O/c1-4-22(15(2)3)13-16-5-7-17(8-6-16)19(25)23-11-9-18(14-23)24-12-10-20-21-24/h5-8,10,12,15,18H,4,9,11,13-14H2,1-3H3. The van der Waals surface area contributed by atoms with E-state index < -0.39 is 0 Å². The molecule has 1 fully saturated rings. The molecule has 2 aromatic rings. The molecule has 1 saturated heterocycles. The Labute approximate surface area is 149 Å². The first-order valence-corrected chi connectivity index (χ1v) is 9.06. The summed E-state index contributed by atoms with van der Waals surface area (Å²) in [6.07, 6.45) is 4.47. The summed E-state index contributed by atoms with van der Waals surface area (Å²) in [6.45, 7) is 10.00. The Morgan fingerprint density at radius 1 is 1.32 bits per heavy atom. The van der Waals surface area contributed by atoms with E-state index in [4.69, 9.17) is 0 Å². The number of rotatable bonds is 6. The van der Waals surface area contributed by atoms with E-state index in [2.05, 4.69) is 48.1 Å². The molecule has 3 rings (SSSR count). The molecule has 0 aliphatic carbocycles. The van der Waals surface area contributed by atoms with E-state index in [1.807, 2.05) is 27.9 Å². The van der Waals surface area contributed by atoms with Crippen LogP contribution in [-0.4, -0.2) is 56.4 Å². The molecule has 1 unspecified atom stereocenters. The van der Waals surface area contributed by atoms with Crippen LogP contribution in [0.3, 0.4) is 0 Å². The van der Waals surface area contributed by atoms with E-state index in [1.165, 1.54) is 5.56 Å². The third-order valence-electron chi connectivity index (χ3n) is 4.99. The molecule has 1 atom stereocenters. The number of hydrogen-bond donors (Lipinski definition) is 0. The molecule has 1 amide bonds. The van der Waals surface area contributed by atoms with Gasteiger partial charge in [-0.1, -0.05) is 24.3 Å². The van der Waals surface area contributed by atoms with Crippen molar-refractivity contribution in [1.29, 1.82) is 0 Å². The highest BCUT2D eigenvalue weighted by atomic mass is 16.2. The summed E-state index contributed by atoms with van der Waals surface area (Å²) in [6, 6.07) is 8.80. The summed E-state index contributed by atoms with van der Waals surface area (Å²) >= 11 is 0. The topological polar surface area (TPSA) is 54.3 Å². The smallest absolute Gasteiger partial charge is 0.253 e. The lowest BCUT2D eigenvalue weighted by molar-refractivity contribution is 0.0787. The number of aromatic nitrogens is 3. The van der Waals surface area contributed by atoms with Gasteiger partial charge in [0.25, 0.3) is 5.91 Å². The van der Waals surface area contributed by atoms with Crippen LogP contribution in [0.2, 0.25) is 0 Å². The van der Waals surface area contributed by atoms with E-state index in [0.29, 0.717) is 12.6 Å². The van der Waals surface area contributed by atoms with Crippen molar-refractivity contribution < 1.29 is 4.79 Å². The van der Waals surface area contributed by atoms with Crippen molar-refractivity contribution in [3.05, 3.63) is 47.8 Å². The minimum atomic E-state index is 0.102. The van der Waals surface area contributed by atoms with Gasteiger partial charge in [0.2, 0.25) is 0 Å². The van der Waals surface area contributed by atoms with Crippen LogP contribution in [0.4, 0.5) is 0 Å². The summed E-state index contributed by atoms with van der Waals surface area (Å²) in [5.41, 5.74) is 2.00. The summed E-state index contributed by atoms with van der Waals surface area (Å²) in [7, 11) is 0. The Hall–Kier alpha value is -2.21. The first-order chi connectivity index (χ1) is 12.1. The molecule has 6 nitrogen and oxygen atoms in total. The lowest BCUT2D eigenvalue weighted by Crippen LogP contribution is -2.30. The van der Waals surface area contributed by atoms with E-state index in [1.54, 1.807) is 6.20 Å². The highest BCUT2D eigenvalue weighted by Crippen LogP contribution is 2.22. The van der Waals surface area contributed by atoms with Gasteiger partial charge in [-0.3, -0.25) is 9.69 Å². The molecule has 1 aromatic carbocycles. The third kappa shape index (κ3) is 4.07. The highest BCUT2D eigenvalue weighted by molar-refractivity contribution is 5.94. The second kappa shape index (κ2) is 7.78. The summed E-state index contributed by atoms with van der Waals surface area (Å²) in [5.74, 6) is 0.102. The van der Waals surface area contributed by atoms with E-state index in [0.717, 1.165) is 31.6 Å². The van der Waals surface area contributed by atoms with Gasteiger partial charge in [-0.2, -0.15) is 0 Å². The van der Waals surface area contributed by atoms with Gasteiger partial charge in [0.05, 0.1) is 12.2 Å². The lowest BCUT2D eigenvalue weighted by atomic mass is 10.1. The lowest BCUT2D eigenvalue weighted by Gasteiger charge is -2.24. The van der Waals surface area contributed by atoms with Crippen LogP contribution >= 0.6 is 0 Å². The maximum atomic E-state index is 12.7. The molecule has 0 saturated carbocycles. The van der Waals surface area contributed by atoms with Gasteiger partial charge in [-0.25, -0.2) is 4.68 Å². The van der Waals surface area contributed by atoms with Gasteiger partial charge in [-0.05, 0) is 44.5 Å². The number of nitrogens with zero attached hydrogens (tertiary/aromatic N) is 5. The van der Waals surface area contributed by atoms with Crippen molar-refractivity contribution in [2.75, 3.05) is 19.6 Å². The SMILES string of the molecule is CCN(Cc1ccc(C(=O)N2CCC(n3ccnn3)C2)cc1)C(C)C. The van der Waals surface area contributed by atoms with Crippen molar-refractivity contribution in [3.63, 3.8) is 0 Å². The predicted molar refractivity (Wildman–Crippen MR) is 97.2 cm³/mol. The zero-order valence-corrected chi connectivity index (χ0v) is 15.3. The second-order valence-electron chi connectivity index (χ2n) is 6.93. The Kier molecular flexibility index (Phi) is 5.48. The fourth-order valence-electron chi connectivity index (χ4n) is 3.38. The van der Waals surface area contributed by atoms with Gasteiger partial charge in [0.15, 0.2) is 0 Å². The van der Waals surface area contributed by atoms with Gasteiger partial charge in [0.1, 0.15) is 0 Å². The number of hydrogen-bond acceptors (Lipinski definition) is 4. The highest BCUT2D eigenvalue weighted by Gasteiger charge is 2.28. The van der Waals surface area contributed by atoms with Crippen molar-refractivity contribution in [2.45, 2.75) is 45.8 Å². The zero-order valence-electron chi connectivity index (χ0n) is 15.3. The summed E-state index contributed by atoms with van der Waals surface area (Å²) < 4.78 is 1.85. The van der Waals surface area contributed by atoms with Crippen molar-refractivity contribution in [2.24, 2.45) is 0 Å². The largest absolute Gasteiger partial charge is 0.336 e. The fourth-order valence-corrected chi connectivity index (χ4v) is 3.38. The van der Waals surface area contributed by atoms with Crippen molar-refractivity contribution >= 4 is 5.91 Å². The van der Waals surface area contributed by atoms with Gasteiger partial charge in [0, 0.05) is 37.4 Å². The Bertz CT molecular complexity index is 680. The number of carbonyl (C=O) groups excluding carboxylic acids is 1. The molecule has 0 N–H and O–H groups in total. The molecule has 1 aliphatic heterocycles. The fraction of sp³-hybridized carbons (Fsp3) is 0.526. The predicted octanol–water partition coefficient (Wildman–Crippen LogP) is 2.60. The van der Waals surface area contributed by atoms with Gasteiger partial charge < -0.3 is 4.90 Å². The average Bonchev–Trinajstić information content (AvgIpc) is 3.30. The molecule has 134 valence electrons. The van der Waals surface area contributed by atoms with Crippen LogP contribution in [-0.2, 0) is 6.54 Å². The molecule has 0 spiro atoms. The number of likely N-dealkylation sites (tertiary alicyclic amines) is 1. The first kappa shape index (κ1) is 17.6. The van der Waals surface area contributed by atoms with Crippen LogP contribution < -0.4 is 0 Å².